The van der Waals surface area contributed by atoms with Crippen LogP contribution in [0.3, 0.4) is 0 Å². The van der Waals surface area contributed by atoms with Gasteiger partial charge in [0.2, 0.25) is 0 Å². The zero-order chi connectivity index (χ0) is 44.6. The van der Waals surface area contributed by atoms with Crippen molar-refractivity contribution in [3.63, 3.8) is 0 Å². The third kappa shape index (κ3) is 42.2. The van der Waals surface area contributed by atoms with Gasteiger partial charge in [0, 0.05) is 12.8 Å². The maximum Gasteiger partial charge on any atom is 0.472 e. The lowest BCUT2D eigenvalue weighted by atomic mass is 10.1. The average molecular weight is 891 g/mol. The van der Waals surface area contributed by atoms with Crippen LogP contribution in [0.1, 0.15) is 149 Å². The number of esters is 2. The van der Waals surface area contributed by atoms with Gasteiger partial charge in [-0.3, -0.25) is 23.2 Å². The molecule has 0 aliphatic heterocycles. The van der Waals surface area contributed by atoms with E-state index in [-0.39, 0.29) is 12.8 Å². The molecule has 0 aromatic carbocycles. The number of rotatable bonds is 40. The summed E-state index contributed by atoms with van der Waals surface area (Å²) < 4.78 is 47.6. The normalized spacial score (nSPS) is 15.2. The highest BCUT2D eigenvalue weighted by atomic mass is 31.2. The molecule has 0 aliphatic carbocycles. The molecule has 0 saturated heterocycles. The second kappa shape index (κ2) is 39.4. The zero-order valence-corrected chi connectivity index (χ0v) is 37.9. The molecule has 346 valence electrons. The number of aliphatic hydroxyl groups is 2. The average Bonchev–Trinajstić information content (AvgIpc) is 3.20. The summed E-state index contributed by atoms with van der Waals surface area (Å²) in [5.41, 5.74) is 0. The Bertz CT molecular complexity index is 1350. The van der Waals surface area contributed by atoms with Gasteiger partial charge in [-0.15, -0.1) is 0 Å². The van der Waals surface area contributed by atoms with Crippen molar-refractivity contribution in [2.45, 2.75) is 167 Å². The van der Waals surface area contributed by atoms with Crippen molar-refractivity contribution in [1.82, 2.24) is 0 Å². The number of phosphoric acid groups is 2. The van der Waals surface area contributed by atoms with Gasteiger partial charge in [-0.25, -0.2) is 9.13 Å². The van der Waals surface area contributed by atoms with E-state index >= 15 is 0 Å². The van der Waals surface area contributed by atoms with Crippen LogP contribution in [-0.2, 0) is 41.8 Å². The Morgan fingerprint density at radius 3 is 1.72 bits per heavy atom. The van der Waals surface area contributed by atoms with E-state index in [9.17, 15) is 33.8 Å². The first-order valence-electron chi connectivity index (χ1n) is 21.7. The molecule has 0 aliphatic rings. The van der Waals surface area contributed by atoms with Gasteiger partial charge in [-0.2, -0.15) is 0 Å². The first-order valence-corrected chi connectivity index (χ1v) is 24.8. The lowest BCUT2D eigenvalue weighted by Crippen LogP contribution is -2.30. The van der Waals surface area contributed by atoms with Crippen molar-refractivity contribution in [1.29, 1.82) is 0 Å². The number of aliphatic hydroxyl groups excluding tert-OH is 2. The van der Waals surface area contributed by atoms with E-state index in [0.717, 1.165) is 64.2 Å². The number of ether oxygens (including phenoxy) is 2. The molecule has 60 heavy (non-hydrogen) atoms. The Morgan fingerprint density at radius 2 is 1.10 bits per heavy atom. The maximum absolute atomic E-state index is 12.7. The van der Waals surface area contributed by atoms with Crippen LogP contribution in [0.4, 0.5) is 0 Å². The quantitative estimate of drug-likeness (QED) is 0.0127. The molecule has 16 heteroatoms. The molecule has 5 N–H and O–H groups in total. The number of hydrogen-bond acceptors (Lipinski definition) is 11. The van der Waals surface area contributed by atoms with Gasteiger partial charge in [0.1, 0.15) is 12.7 Å². The van der Waals surface area contributed by atoms with Crippen LogP contribution in [0, 0.1) is 0 Å². The Kier molecular flexibility index (Phi) is 37.7. The summed E-state index contributed by atoms with van der Waals surface area (Å²) in [4.78, 5) is 52.7. The van der Waals surface area contributed by atoms with Crippen molar-refractivity contribution in [3.8, 4) is 0 Å². The van der Waals surface area contributed by atoms with Crippen LogP contribution in [0.15, 0.2) is 72.9 Å². The highest BCUT2D eigenvalue weighted by Crippen LogP contribution is 2.43. The third-order valence-electron chi connectivity index (χ3n) is 8.67. The first kappa shape index (κ1) is 57.5. The molecular formula is C44H76O14P2. The fourth-order valence-corrected chi connectivity index (χ4v) is 6.53. The molecular weight excluding hydrogens is 814 g/mol. The number of phosphoric ester groups is 2. The Balaban J connectivity index is 4.73. The largest absolute Gasteiger partial charge is 0.472 e. The van der Waals surface area contributed by atoms with E-state index in [1.165, 1.54) is 38.5 Å². The highest BCUT2D eigenvalue weighted by Gasteiger charge is 2.28. The lowest BCUT2D eigenvalue weighted by Gasteiger charge is -2.20. The van der Waals surface area contributed by atoms with Crippen LogP contribution in [-0.4, -0.2) is 81.6 Å². The zero-order valence-electron chi connectivity index (χ0n) is 36.1. The molecule has 0 amide bonds. The fraction of sp³-hybridized carbons (Fsp3) is 0.682. The third-order valence-corrected chi connectivity index (χ3v) is 10.1. The predicted octanol–water partition coefficient (Wildman–Crippen LogP) is 9.98. The van der Waals surface area contributed by atoms with Crippen molar-refractivity contribution in [3.05, 3.63) is 72.9 Å². The maximum atomic E-state index is 12.7. The van der Waals surface area contributed by atoms with Gasteiger partial charge < -0.3 is 34.4 Å². The minimum Gasteiger partial charge on any atom is -0.462 e. The van der Waals surface area contributed by atoms with Gasteiger partial charge in [0.25, 0.3) is 0 Å². The number of allylic oxidation sites excluding steroid dienone is 11. The minimum atomic E-state index is -4.89. The highest BCUT2D eigenvalue weighted by molar-refractivity contribution is 7.47. The summed E-state index contributed by atoms with van der Waals surface area (Å²) in [6.07, 6.45) is 39.3. The van der Waals surface area contributed by atoms with Crippen LogP contribution in [0.2, 0.25) is 0 Å². The molecule has 0 heterocycles. The Hall–Kier alpha value is -2.48. The lowest BCUT2D eigenvalue weighted by molar-refractivity contribution is -0.161. The van der Waals surface area contributed by atoms with Crippen molar-refractivity contribution < 1.29 is 66.7 Å². The van der Waals surface area contributed by atoms with Gasteiger partial charge in [-0.05, 0) is 70.6 Å². The van der Waals surface area contributed by atoms with E-state index in [0.29, 0.717) is 19.3 Å². The number of unbranched alkanes of at least 4 members (excludes halogenated alkanes) is 11. The molecule has 0 radical (unpaired) electrons. The monoisotopic (exact) mass is 890 g/mol. The molecule has 14 nitrogen and oxygen atoms in total. The van der Waals surface area contributed by atoms with E-state index in [1.807, 2.05) is 12.2 Å². The van der Waals surface area contributed by atoms with Crippen molar-refractivity contribution in [2.75, 3.05) is 26.4 Å². The molecule has 0 rings (SSSR count). The fourth-order valence-electron chi connectivity index (χ4n) is 5.37. The van der Waals surface area contributed by atoms with Crippen LogP contribution in [0.5, 0.6) is 0 Å². The van der Waals surface area contributed by atoms with E-state index in [4.69, 9.17) is 23.8 Å². The number of carbonyl (C=O) groups is 2. The van der Waals surface area contributed by atoms with Crippen LogP contribution in [0.25, 0.3) is 0 Å². The van der Waals surface area contributed by atoms with E-state index < -0.39 is 72.3 Å². The van der Waals surface area contributed by atoms with Gasteiger partial charge in [0.15, 0.2) is 6.10 Å². The summed E-state index contributed by atoms with van der Waals surface area (Å²) in [6.45, 7) is 1.40. The first-order chi connectivity index (χ1) is 28.8. The standard InChI is InChI=1S/C44H76O14P2/c1-3-5-7-9-11-13-15-17-18-20-22-24-26-28-30-34-44(48)58-42(39-57-60(52,53)56-37-41(46)36-55-59(49,50)51)38-54-43(47)35-31-33-40(45)32-29-27-25-23-21-19-16-14-12-10-8-6-4-2/h6,8,12,14,17-19,21,25,27,29,32,40-42,45-46H,3-5,7,9-11,13,15-16,20,22-24,26,28,30-31,33-39H2,1-2H3,(H,52,53)(H2,49,50,51)/b8-6-,14-12-,18-17-,21-19-,27-25-,32-29+/t40?,41-,42+/m0/s1. The Morgan fingerprint density at radius 1 is 0.567 bits per heavy atom. The van der Waals surface area contributed by atoms with Gasteiger partial charge in [-0.1, -0.05) is 138 Å². The summed E-state index contributed by atoms with van der Waals surface area (Å²) in [6, 6.07) is 0. The summed E-state index contributed by atoms with van der Waals surface area (Å²) in [5.74, 6) is -1.25. The summed E-state index contributed by atoms with van der Waals surface area (Å²) in [5, 5.41) is 20.0. The van der Waals surface area contributed by atoms with Crippen LogP contribution < -0.4 is 0 Å². The smallest absolute Gasteiger partial charge is 0.462 e. The molecule has 0 fully saturated rings. The Labute approximate surface area is 359 Å². The SMILES string of the molecule is CC/C=C\C/C=C\C/C=C\C/C=C\C=C\C(O)CCCC(=O)OC[C@H](COP(=O)(O)OC[C@@H](O)COP(=O)(O)O)OC(=O)CCCCCCC/C=C\CCCCCCCC. The molecule has 0 aromatic heterocycles. The van der Waals surface area contributed by atoms with Crippen LogP contribution >= 0.6 is 15.6 Å². The number of carbonyl (C=O) groups excluding carboxylic acids is 2. The topological polar surface area (TPSA) is 216 Å². The molecule has 4 atom stereocenters. The summed E-state index contributed by atoms with van der Waals surface area (Å²) >= 11 is 0. The molecule has 2 unspecified atom stereocenters. The van der Waals surface area contributed by atoms with Crippen molar-refractivity contribution in [2.24, 2.45) is 0 Å². The van der Waals surface area contributed by atoms with E-state index in [2.05, 4.69) is 71.5 Å². The minimum absolute atomic E-state index is 0.0402. The summed E-state index contributed by atoms with van der Waals surface area (Å²) in [7, 11) is -9.74. The van der Waals surface area contributed by atoms with Crippen molar-refractivity contribution >= 4 is 27.6 Å². The second-order valence-electron chi connectivity index (χ2n) is 14.4. The number of hydrogen-bond donors (Lipinski definition) is 5. The molecule has 0 bridgehead atoms. The molecule has 0 aromatic rings. The van der Waals surface area contributed by atoms with E-state index in [1.54, 1.807) is 12.2 Å². The second-order valence-corrected chi connectivity index (χ2v) is 17.1. The predicted molar refractivity (Wildman–Crippen MR) is 236 cm³/mol. The molecule has 0 saturated carbocycles. The van der Waals surface area contributed by atoms with Gasteiger partial charge in [0.05, 0.1) is 25.9 Å². The molecule has 0 spiro atoms. The van der Waals surface area contributed by atoms with Gasteiger partial charge >= 0.3 is 27.6 Å².